The molecule has 8 nitrogen and oxygen atoms in total. The third-order valence-corrected chi connectivity index (χ3v) is 5.76. The molecule has 0 amide bonds. The summed E-state index contributed by atoms with van der Waals surface area (Å²) in [5.74, 6) is 1.88. The molecule has 0 fully saturated rings. The van der Waals surface area contributed by atoms with Gasteiger partial charge in [0.1, 0.15) is 23.4 Å². The highest BCUT2D eigenvalue weighted by Gasteiger charge is 2.09. The van der Waals surface area contributed by atoms with Gasteiger partial charge in [0.2, 0.25) is 0 Å². The molecule has 0 spiro atoms. The van der Waals surface area contributed by atoms with Crippen LogP contribution in [0, 0.1) is 6.92 Å². The number of methoxy groups -OCH3 is 1. The van der Waals surface area contributed by atoms with Crippen LogP contribution < -0.4 is 14.8 Å². The van der Waals surface area contributed by atoms with Crippen LogP contribution in [0.4, 0.5) is 0 Å². The van der Waals surface area contributed by atoms with Gasteiger partial charge in [0, 0.05) is 40.6 Å². The Morgan fingerprint density at radius 3 is 1.92 bits per heavy atom. The van der Waals surface area contributed by atoms with Crippen molar-refractivity contribution >= 4 is 26.8 Å². The van der Waals surface area contributed by atoms with Crippen molar-refractivity contribution in [3.63, 3.8) is 0 Å². The smallest absolute Gasteiger partial charge is 0.175 e. The lowest BCUT2D eigenvalue weighted by molar-refractivity contribution is 0.0919. The first kappa shape index (κ1) is 39.2. The molecule has 0 aliphatic heterocycles. The molecule has 10 heteroatoms. The lowest BCUT2D eigenvalue weighted by Gasteiger charge is -2.15. The number of sulfone groups is 1. The molecule has 2 N–H and O–H groups in total. The molecule has 37 heavy (non-hydrogen) atoms. The molecule has 214 valence electrons. The highest BCUT2D eigenvalue weighted by Crippen LogP contribution is 2.28. The zero-order chi connectivity index (χ0) is 29.4. The molecule has 0 heterocycles. The normalized spacial score (nSPS) is 10.9. The molecule has 0 saturated heterocycles. The van der Waals surface area contributed by atoms with Crippen LogP contribution in [0.5, 0.6) is 17.2 Å². The largest absolute Gasteiger partial charge is 0.488 e. The van der Waals surface area contributed by atoms with Crippen LogP contribution in [0.2, 0.25) is 0 Å². The monoisotopic (exact) mass is 560 g/mol. The number of aliphatic hydroxyl groups excluding tert-OH is 1. The number of benzene rings is 2. The summed E-state index contributed by atoms with van der Waals surface area (Å²) in [6.45, 7) is 12.4. The summed E-state index contributed by atoms with van der Waals surface area (Å²) in [6.07, 6.45) is 3.09. The first-order chi connectivity index (χ1) is 17.6. The molecular weight excluding hydrogens is 512 g/mol. The van der Waals surface area contributed by atoms with Crippen molar-refractivity contribution in [3.8, 4) is 17.2 Å². The van der Waals surface area contributed by atoms with Crippen molar-refractivity contribution in [3.05, 3.63) is 48.0 Å². The zero-order valence-electron chi connectivity index (χ0n) is 24.6. The van der Waals surface area contributed by atoms with Crippen LogP contribution in [0.25, 0.3) is 0 Å². The van der Waals surface area contributed by atoms with Gasteiger partial charge < -0.3 is 24.6 Å². The number of aryl methyl sites for hydroxylation is 1. The summed E-state index contributed by atoms with van der Waals surface area (Å²) in [5, 5.41) is 10.9. The molecule has 2 aromatic carbocycles. The SMILES string of the molecule is CC.CC.CN=C(NC)SC.CO.COCC(C)Oc1cc(C)cc(Oc2ccc(S(C)(=O)=O)cc2)c1. The number of hydrogen-bond acceptors (Lipinski definition) is 8. The van der Waals surface area contributed by atoms with Crippen molar-refractivity contribution < 1.29 is 27.7 Å². The molecule has 2 rings (SSSR count). The van der Waals surface area contributed by atoms with E-state index in [1.807, 2.05) is 67.0 Å². The second-order valence-electron chi connectivity index (χ2n) is 6.69. The number of nitrogens with one attached hydrogen (secondary N) is 1. The number of ether oxygens (including phenoxy) is 3. The Morgan fingerprint density at radius 1 is 1.03 bits per heavy atom. The molecule has 2 aromatic rings. The number of rotatable bonds is 7. The maximum absolute atomic E-state index is 11.5. The topological polar surface area (TPSA) is 106 Å². The minimum absolute atomic E-state index is 0.0707. The molecule has 0 aromatic heterocycles. The summed E-state index contributed by atoms with van der Waals surface area (Å²) in [6, 6.07) is 11.9. The van der Waals surface area contributed by atoms with E-state index >= 15 is 0 Å². The second-order valence-corrected chi connectivity index (χ2v) is 9.50. The number of aliphatic imine (C=N–C) groups is 1. The van der Waals surface area contributed by atoms with Crippen LogP contribution in [0.1, 0.15) is 40.2 Å². The summed E-state index contributed by atoms with van der Waals surface area (Å²) >= 11 is 1.61. The van der Waals surface area contributed by atoms with Gasteiger partial charge in [-0.3, -0.25) is 4.99 Å². The molecule has 0 aliphatic carbocycles. The number of nitrogens with zero attached hydrogens (tertiary/aromatic N) is 1. The second kappa shape index (κ2) is 24.1. The lowest BCUT2D eigenvalue weighted by atomic mass is 10.2. The summed E-state index contributed by atoms with van der Waals surface area (Å²) in [4.78, 5) is 4.15. The van der Waals surface area contributed by atoms with E-state index in [2.05, 4.69) is 10.3 Å². The van der Waals surface area contributed by atoms with E-state index in [0.717, 1.165) is 17.8 Å². The molecule has 0 saturated carbocycles. The van der Waals surface area contributed by atoms with Gasteiger partial charge in [0.25, 0.3) is 0 Å². The Morgan fingerprint density at radius 2 is 1.54 bits per heavy atom. The standard InChI is InChI=1S/C18H22O5S.C4H10N2S.2C2H6.CH4O/c1-13-9-16(22-14(2)12-21-3)11-17(10-13)23-15-5-7-18(8-6-15)24(4,19)20;1-5-4(6-2)7-3;3*1-2/h5-11,14H,12H2,1-4H3;1-3H3,(H,5,6);2*1-2H3;2H,1H3. The Balaban J connectivity index is -0.000000751. The Hall–Kier alpha value is -2.27. The Bertz CT molecular complexity index is 944. The van der Waals surface area contributed by atoms with Crippen molar-refractivity contribution in [2.24, 2.45) is 4.99 Å². The van der Waals surface area contributed by atoms with Crippen LogP contribution in [0.15, 0.2) is 52.4 Å². The van der Waals surface area contributed by atoms with Crippen LogP contribution in [-0.4, -0.2) is 72.2 Å². The van der Waals surface area contributed by atoms with Gasteiger partial charge in [0.15, 0.2) is 15.0 Å². The quantitative estimate of drug-likeness (QED) is 0.322. The fourth-order valence-corrected chi connectivity index (χ4v) is 3.56. The number of aliphatic hydroxyl groups is 1. The third-order valence-electron chi connectivity index (χ3n) is 3.86. The summed E-state index contributed by atoms with van der Waals surface area (Å²) in [7, 11) is 3.04. The average molecular weight is 561 g/mol. The van der Waals surface area contributed by atoms with Gasteiger partial charge >= 0.3 is 0 Å². The fraction of sp³-hybridized carbons (Fsp3) is 0.519. The highest BCUT2D eigenvalue weighted by atomic mass is 32.2. The lowest BCUT2D eigenvalue weighted by Crippen LogP contribution is -2.17. The fourth-order valence-electron chi connectivity index (χ4n) is 2.54. The molecule has 0 aliphatic rings. The first-order valence-corrected chi connectivity index (χ1v) is 15.1. The van der Waals surface area contributed by atoms with E-state index < -0.39 is 9.84 Å². The molecule has 1 unspecified atom stereocenters. The van der Waals surface area contributed by atoms with Crippen LogP contribution >= 0.6 is 11.8 Å². The Kier molecular flexibility index (Phi) is 25.6. The van der Waals surface area contributed by atoms with Gasteiger partial charge in [-0.15, -0.1) is 0 Å². The van der Waals surface area contributed by atoms with Crippen LogP contribution in [0.3, 0.4) is 0 Å². The molecule has 0 bridgehead atoms. The Labute approximate surface area is 229 Å². The van der Waals surface area contributed by atoms with Crippen molar-refractivity contribution in [2.45, 2.75) is 52.5 Å². The predicted molar refractivity (Wildman–Crippen MR) is 160 cm³/mol. The van der Waals surface area contributed by atoms with Gasteiger partial charge in [-0.2, -0.15) is 0 Å². The first-order valence-electron chi connectivity index (χ1n) is 12.0. The van der Waals surface area contributed by atoms with E-state index in [1.165, 1.54) is 18.4 Å². The van der Waals surface area contributed by atoms with E-state index in [-0.39, 0.29) is 11.0 Å². The van der Waals surface area contributed by atoms with E-state index in [1.54, 1.807) is 44.1 Å². The maximum Gasteiger partial charge on any atom is 0.175 e. The van der Waals surface area contributed by atoms with E-state index in [0.29, 0.717) is 23.9 Å². The molecule has 1 atom stereocenters. The molecule has 0 radical (unpaired) electrons. The van der Waals surface area contributed by atoms with Gasteiger partial charge in [-0.25, -0.2) is 8.42 Å². The predicted octanol–water partition coefficient (Wildman–Crippen LogP) is 5.82. The van der Waals surface area contributed by atoms with E-state index in [9.17, 15) is 8.42 Å². The number of amidine groups is 1. The summed E-state index contributed by atoms with van der Waals surface area (Å²) < 4.78 is 39.6. The van der Waals surface area contributed by atoms with Crippen molar-refractivity contribution in [1.29, 1.82) is 0 Å². The minimum Gasteiger partial charge on any atom is -0.488 e. The zero-order valence-corrected chi connectivity index (χ0v) is 26.2. The van der Waals surface area contributed by atoms with Gasteiger partial charge in [-0.05, 0) is 62.1 Å². The average Bonchev–Trinajstić information content (AvgIpc) is 2.89. The number of thioether (sulfide) groups is 1. The van der Waals surface area contributed by atoms with Crippen LogP contribution in [-0.2, 0) is 14.6 Å². The number of hydrogen-bond donors (Lipinski definition) is 2. The molecular formula is C27H48N2O6S2. The van der Waals surface area contributed by atoms with E-state index in [4.69, 9.17) is 19.3 Å². The van der Waals surface area contributed by atoms with Crippen molar-refractivity contribution in [1.82, 2.24) is 5.32 Å². The maximum atomic E-state index is 11.5. The third kappa shape index (κ3) is 18.6. The van der Waals surface area contributed by atoms with Gasteiger partial charge in [0.05, 0.1) is 11.5 Å². The summed E-state index contributed by atoms with van der Waals surface area (Å²) in [5.41, 5.74) is 1.000. The highest BCUT2D eigenvalue weighted by molar-refractivity contribution is 8.13. The van der Waals surface area contributed by atoms with Crippen molar-refractivity contribution in [2.75, 3.05) is 47.4 Å². The van der Waals surface area contributed by atoms with Gasteiger partial charge in [-0.1, -0.05) is 39.5 Å². The minimum atomic E-state index is -3.21.